The molecule has 1 saturated carbocycles. The van der Waals surface area contributed by atoms with E-state index in [9.17, 15) is 9.90 Å². The van der Waals surface area contributed by atoms with Gasteiger partial charge in [-0.15, -0.1) is 11.3 Å². The molecule has 0 spiro atoms. The lowest BCUT2D eigenvalue weighted by Crippen LogP contribution is -2.25. The smallest absolute Gasteiger partial charge is 0.305 e. The van der Waals surface area contributed by atoms with Gasteiger partial charge in [0.25, 0.3) is 0 Å². The predicted octanol–water partition coefficient (Wildman–Crippen LogP) is 6.48. The fraction of sp³-hybridized carbons (Fsp3) is 0.273. The topological polar surface area (TPSA) is 53.4 Å². The van der Waals surface area contributed by atoms with Crippen molar-refractivity contribution in [2.45, 2.75) is 31.7 Å². The maximum Gasteiger partial charge on any atom is 0.305 e. The van der Waals surface area contributed by atoms with Crippen LogP contribution < -0.4 is 4.90 Å². The summed E-state index contributed by atoms with van der Waals surface area (Å²) >= 11 is 14.0. The van der Waals surface area contributed by atoms with Crippen LogP contribution >= 0.6 is 34.5 Å². The van der Waals surface area contributed by atoms with Crippen molar-refractivity contribution >= 4 is 45.6 Å². The molecule has 0 atom stereocenters. The molecule has 2 aromatic carbocycles. The molecule has 3 aromatic rings. The number of thiazole rings is 1. The molecule has 7 heteroatoms. The van der Waals surface area contributed by atoms with Gasteiger partial charge in [-0.1, -0.05) is 59.6 Å². The number of nitrogens with zero attached hydrogens (tertiary/aromatic N) is 2. The molecule has 4 rings (SSSR count). The highest BCUT2D eigenvalue weighted by Gasteiger charge is 2.31. The van der Waals surface area contributed by atoms with Gasteiger partial charge in [-0.25, -0.2) is 4.98 Å². The fourth-order valence-corrected chi connectivity index (χ4v) is 4.78. The number of aromatic nitrogens is 1. The van der Waals surface area contributed by atoms with E-state index in [1.54, 1.807) is 17.4 Å². The Balaban J connectivity index is 1.70. The monoisotopic (exact) mass is 446 g/mol. The van der Waals surface area contributed by atoms with Gasteiger partial charge in [0.05, 0.1) is 22.2 Å². The number of hydrogen-bond acceptors (Lipinski definition) is 4. The van der Waals surface area contributed by atoms with Crippen molar-refractivity contribution in [1.29, 1.82) is 0 Å². The van der Waals surface area contributed by atoms with Gasteiger partial charge in [0, 0.05) is 23.5 Å². The molecule has 0 unspecified atom stereocenters. The summed E-state index contributed by atoms with van der Waals surface area (Å²) in [4.78, 5) is 19.4. The zero-order chi connectivity index (χ0) is 20.4. The zero-order valence-electron chi connectivity index (χ0n) is 15.6. The third-order valence-corrected chi connectivity index (χ3v) is 6.88. The van der Waals surface area contributed by atoms with E-state index in [0.29, 0.717) is 29.1 Å². The number of hydrogen-bond donors (Lipinski definition) is 1. The van der Waals surface area contributed by atoms with Gasteiger partial charge >= 0.3 is 5.97 Å². The molecular weight excluding hydrogens is 427 g/mol. The number of benzene rings is 2. The summed E-state index contributed by atoms with van der Waals surface area (Å²) < 4.78 is 0. The van der Waals surface area contributed by atoms with Crippen molar-refractivity contribution in [3.8, 4) is 11.3 Å². The maximum absolute atomic E-state index is 11.2. The summed E-state index contributed by atoms with van der Waals surface area (Å²) in [5.74, 6) is -0.296. The van der Waals surface area contributed by atoms with E-state index in [1.165, 1.54) is 4.88 Å². The molecular formula is C22H20Cl2N2O2S. The van der Waals surface area contributed by atoms with Crippen LogP contribution in [0.5, 0.6) is 0 Å². The number of halogens is 2. The Hall–Kier alpha value is -2.08. The second-order valence-corrected chi connectivity index (χ2v) is 8.99. The molecule has 0 saturated heterocycles. The normalized spacial score (nSPS) is 13.4. The second-order valence-electron chi connectivity index (χ2n) is 7.16. The summed E-state index contributed by atoms with van der Waals surface area (Å²) in [7, 11) is 0. The second kappa shape index (κ2) is 8.74. The molecule has 29 heavy (non-hydrogen) atoms. The van der Waals surface area contributed by atoms with Crippen molar-refractivity contribution in [3.63, 3.8) is 0 Å². The van der Waals surface area contributed by atoms with Gasteiger partial charge < -0.3 is 10.0 Å². The Morgan fingerprint density at radius 1 is 1.14 bits per heavy atom. The quantitative estimate of drug-likeness (QED) is 0.430. The average molecular weight is 447 g/mol. The minimum Gasteiger partial charge on any atom is -0.481 e. The van der Waals surface area contributed by atoms with E-state index >= 15 is 0 Å². The minimum atomic E-state index is -0.813. The van der Waals surface area contributed by atoms with Crippen molar-refractivity contribution < 1.29 is 9.90 Å². The lowest BCUT2D eigenvalue weighted by Gasteiger charge is -2.21. The van der Waals surface area contributed by atoms with Crippen LogP contribution in [0.2, 0.25) is 10.0 Å². The molecule has 1 aliphatic rings. The summed E-state index contributed by atoms with van der Waals surface area (Å²) in [6.45, 7) is 1.02. The summed E-state index contributed by atoms with van der Waals surface area (Å²) in [6, 6.07) is 15.6. The molecule has 1 N–H and O–H groups in total. The first-order chi connectivity index (χ1) is 14.0. The molecule has 0 aliphatic heterocycles. The third kappa shape index (κ3) is 4.92. The first-order valence-corrected chi connectivity index (χ1v) is 11.1. The SMILES string of the molecule is O=C(O)CCN(Cc1ccccc1)c1nc(-c2ccc(Cl)c(Cl)c2)c(C2CC2)s1. The van der Waals surface area contributed by atoms with Gasteiger partial charge in [0.15, 0.2) is 5.13 Å². The van der Waals surface area contributed by atoms with Crippen LogP contribution in [0.15, 0.2) is 48.5 Å². The van der Waals surface area contributed by atoms with Crippen LogP contribution in [-0.4, -0.2) is 22.6 Å². The number of rotatable bonds is 8. The molecule has 150 valence electrons. The number of carbonyl (C=O) groups is 1. The van der Waals surface area contributed by atoms with E-state index in [1.807, 2.05) is 42.5 Å². The number of aliphatic carboxylic acids is 1. The molecule has 0 amide bonds. The number of carboxylic acid groups (broad SMARTS) is 1. The molecule has 1 aromatic heterocycles. The van der Waals surface area contributed by atoms with Crippen LogP contribution in [-0.2, 0) is 11.3 Å². The predicted molar refractivity (Wildman–Crippen MR) is 119 cm³/mol. The van der Waals surface area contributed by atoms with Gasteiger partial charge in [0.1, 0.15) is 0 Å². The highest BCUT2D eigenvalue weighted by atomic mass is 35.5. The number of carboxylic acids is 1. The molecule has 0 radical (unpaired) electrons. The standard InChI is InChI=1S/C22H20Cl2N2O2S/c23-17-9-8-16(12-18(17)24)20-21(15-6-7-15)29-22(25-20)26(11-10-19(27)28)13-14-4-2-1-3-5-14/h1-5,8-9,12,15H,6-7,10-11,13H2,(H,27,28). The molecule has 1 heterocycles. The zero-order valence-corrected chi connectivity index (χ0v) is 18.0. The van der Waals surface area contributed by atoms with Crippen LogP contribution in [0.4, 0.5) is 5.13 Å². The van der Waals surface area contributed by atoms with Crippen molar-refractivity contribution in [2.24, 2.45) is 0 Å². The Bertz CT molecular complexity index is 1020. The minimum absolute atomic E-state index is 0.0628. The van der Waals surface area contributed by atoms with Crippen LogP contribution in [0, 0.1) is 0 Å². The van der Waals surface area contributed by atoms with Crippen LogP contribution in [0.3, 0.4) is 0 Å². The highest BCUT2D eigenvalue weighted by Crippen LogP contribution is 2.49. The molecule has 4 nitrogen and oxygen atoms in total. The highest BCUT2D eigenvalue weighted by molar-refractivity contribution is 7.16. The van der Waals surface area contributed by atoms with Gasteiger partial charge in [0.2, 0.25) is 0 Å². The van der Waals surface area contributed by atoms with Gasteiger partial charge in [-0.05, 0) is 36.5 Å². The first kappa shape index (κ1) is 20.2. The molecule has 1 fully saturated rings. The first-order valence-electron chi connectivity index (χ1n) is 9.48. The van der Waals surface area contributed by atoms with E-state index in [0.717, 1.165) is 34.8 Å². The lowest BCUT2D eigenvalue weighted by atomic mass is 10.1. The van der Waals surface area contributed by atoms with Crippen LogP contribution in [0.25, 0.3) is 11.3 Å². The number of anilines is 1. The lowest BCUT2D eigenvalue weighted by molar-refractivity contribution is -0.136. The van der Waals surface area contributed by atoms with Crippen LogP contribution in [0.1, 0.15) is 35.6 Å². The molecule has 1 aliphatic carbocycles. The largest absolute Gasteiger partial charge is 0.481 e. The van der Waals surface area contributed by atoms with Gasteiger partial charge in [-0.2, -0.15) is 0 Å². The Morgan fingerprint density at radius 3 is 2.55 bits per heavy atom. The van der Waals surface area contributed by atoms with E-state index < -0.39 is 5.97 Å². The Kier molecular flexibility index (Phi) is 6.09. The Labute approximate surface area is 183 Å². The Morgan fingerprint density at radius 2 is 1.90 bits per heavy atom. The fourth-order valence-electron chi connectivity index (χ4n) is 3.20. The summed E-state index contributed by atoms with van der Waals surface area (Å²) in [5, 5.41) is 11.1. The van der Waals surface area contributed by atoms with E-state index in [-0.39, 0.29) is 6.42 Å². The van der Waals surface area contributed by atoms with Crippen molar-refractivity contribution in [1.82, 2.24) is 4.98 Å². The summed E-state index contributed by atoms with van der Waals surface area (Å²) in [5.41, 5.74) is 3.00. The van der Waals surface area contributed by atoms with Gasteiger partial charge in [-0.3, -0.25) is 4.79 Å². The summed E-state index contributed by atoms with van der Waals surface area (Å²) in [6.07, 6.45) is 2.38. The maximum atomic E-state index is 11.2. The van der Waals surface area contributed by atoms with Crippen molar-refractivity contribution in [2.75, 3.05) is 11.4 Å². The third-order valence-electron chi connectivity index (χ3n) is 4.87. The van der Waals surface area contributed by atoms with E-state index in [4.69, 9.17) is 28.2 Å². The van der Waals surface area contributed by atoms with E-state index in [2.05, 4.69) is 4.90 Å². The molecule has 0 bridgehead atoms. The average Bonchev–Trinajstić information content (AvgIpc) is 3.46. The van der Waals surface area contributed by atoms with Crippen molar-refractivity contribution in [3.05, 3.63) is 69.0 Å².